The van der Waals surface area contributed by atoms with Gasteiger partial charge in [-0.3, -0.25) is 28.8 Å². The van der Waals surface area contributed by atoms with E-state index in [1.54, 1.807) is 32.9 Å². The molecule has 0 fully saturated rings. The normalized spacial score (nSPS) is 11.5. The van der Waals surface area contributed by atoms with Crippen molar-refractivity contribution >= 4 is 35.5 Å². The van der Waals surface area contributed by atoms with Crippen LogP contribution in [0.15, 0.2) is 24.3 Å². The summed E-state index contributed by atoms with van der Waals surface area (Å²) in [7, 11) is 0. The summed E-state index contributed by atoms with van der Waals surface area (Å²) in [6.45, 7) is 17.9. The summed E-state index contributed by atoms with van der Waals surface area (Å²) in [5, 5.41) is 33.2. The molecule has 3 unspecified atom stereocenters. The second kappa shape index (κ2) is 33.3. The van der Waals surface area contributed by atoms with Crippen molar-refractivity contribution in [2.75, 3.05) is 26.2 Å². The minimum atomic E-state index is -0.998. The number of benzene rings is 1. The van der Waals surface area contributed by atoms with Crippen molar-refractivity contribution in [1.82, 2.24) is 31.9 Å². The second-order valence-corrected chi connectivity index (χ2v) is 11.7. The highest BCUT2D eigenvalue weighted by Crippen LogP contribution is 2.07. The van der Waals surface area contributed by atoms with Crippen LogP contribution in [0.25, 0.3) is 0 Å². The third-order valence-corrected chi connectivity index (χ3v) is 6.31. The zero-order valence-electron chi connectivity index (χ0n) is 31.9. The lowest BCUT2D eigenvalue weighted by Gasteiger charge is -2.22. The molecule has 14 heteroatoms. The number of aryl methyl sites for hydroxylation is 1. The smallest absolute Gasteiger partial charge is 0.303 e. The standard InChI is InChI=1S/C22H40N6O7.C7H8O.C4H10.C3H8/c1-5-8-16(28-19(31)13-25-17(29)9-7-10-20(32)33)22(35)27-14(3)11-24-15(4)21(34)26-12-18(30)23-6-2;1-6-2-4-7(8)5-3-6;1-3-4-2;1-3-2/h14-16,24H,5-13H2,1-4H3,(H,23,30)(H,25,29)(H,26,34)(H,27,35)(H,28,31)(H,32,33);2-5,8H,1H3;3-4H2,1-2H3;3H2,1-2H3. The molecule has 0 aliphatic rings. The van der Waals surface area contributed by atoms with Crippen LogP contribution < -0.4 is 31.9 Å². The number of phenols is 1. The molecule has 8 N–H and O–H groups in total. The lowest BCUT2D eigenvalue weighted by molar-refractivity contribution is -0.137. The van der Waals surface area contributed by atoms with E-state index in [0.717, 1.165) is 0 Å². The maximum Gasteiger partial charge on any atom is 0.303 e. The highest BCUT2D eigenvalue weighted by Gasteiger charge is 2.22. The molecule has 0 saturated carbocycles. The Bertz CT molecular complexity index is 1060. The Kier molecular flexibility index (Phi) is 33.4. The van der Waals surface area contributed by atoms with Crippen molar-refractivity contribution in [3.05, 3.63) is 29.8 Å². The lowest BCUT2D eigenvalue weighted by Crippen LogP contribution is -2.54. The van der Waals surface area contributed by atoms with Gasteiger partial charge < -0.3 is 42.1 Å². The van der Waals surface area contributed by atoms with Crippen molar-refractivity contribution in [3.8, 4) is 5.75 Å². The van der Waals surface area contributed by atoms with E-state index < -0.39 is 35.8 Å². The number of nitrogens with one attached hydrogen (secondary N) is 6. The lowest BCUT2D eigenvalue weighted by atomic mass is 10.1. The van der Waals surface area contributed by atoms with E-state index in [1.165, 1.54) is 24.8 Å². The third-order valence-electron chi connectivity index (χ3n) is 6.31. The van der Waals surface area contributed by atoms with Crippen molar-refractivity contribution in [1.29, 1.82) is 0 Å². The van der Waals surface area contributed by atoms with Gasteiger partial charge in [-0.1, -0.05) is 78.0 Å². The first-order valence-electron chi connectivity index (χ1n) is 17.7. The molecule has 0 saturated heterocycles. The van der Waals surface area contributed by atoms with Crippen LogP contribution in [-0.4, -0.2) is 90.0 Å². The monoisotopic (exact) mass is 710 g/mol. The quantitative estimate of drug-likeness (QED) is 0.106. The molecule has 0 aliphatic heterocycles. The van der Waals surface area contributed by atoms with Crippen molar-refractivity contribution < 1.29 is 39.0 Å². The van der Waals surface area contributed by atoms with Crippen molar-refractivity contribution in [2.24, 2.45) is 0 Å². The van der Waals surface area contributed by atoms with E-state index in [4.69, 9.17) is 10.2 Å². The number of hydrogen-bond donors (Lipinski definition) is 8. The second-order valence-electron chi connectivity index (χ2n) is 11.7. The van der Waals surface area contributed by atoms with E-state index >= 15 is 0 Å². The fraction of sp³-hybridized carbons (Fsp3) is 0.667. The largest absolute Gasteiger partial charge is 0.508 e. The van der Waals surface area contributed by atoms with E-state index in [2.05, 4.69) is 59.6 Å². The molecule has 0 spiro atoms. The number of aliphatic carboxylic acids is 1. The summed E-state index contributed by atoms with van der Waals surface area (Å²) in [4.78, 5) is 70.4. The molecular weight excluding hydrogens is 644 g/mol. The van der Waals surface area contributed by atoms with E-state index in [1.807, 2.05) is 26.0 Å². The molecule has 1 aromatic carbocycles. The molecule has 288 valence electrons. The zero-order valence-corrected chi connectivity index (χ0v) is 31.9. The molecule has 0 heterocycles. The summed E-state index contributed by atoms with van der Waals surface area (Å²) in [5.41, 5.74) is 1.17. The maximum atomic E-state index is 12.6. The Morgan fingerprint density at radius 2 is 1.26 bits per heavy atom. The average Bonchev–Trinajstić information content (AvgIpc) is 3.07. The van der Waals surface area contributed by atoms with E-state index in [0.29, 0.717) is 25.1 Å². The zero-order chi connectivity index (χ0) is 38.9. The van der Waals surface area contributed by atoms with Gasteiger partial charge in [0.15, 0.2) is 0 Å². The average molecular weight is 711 g/mol. The van der Waals surface area contributed by atoms with Crippen LogP contribution in [0.3, 0.4) is 0 Å². The molecular formula is C36H66N6O8. The van der Waals surface area contributed by atoms with Crippen LogP contribution in [0.1, 0.15) is 112 Å². The Morgan fingerprint density at radius 3 is 1.74 bits per heavy atom. The predicted octanol–water partition coefficient (Wildman–Crippen LogP) is 3.30. The molecule has 1 aromatic rings. The van der Waals surface area contributed by atoms with Gasteiger partial charge in [0.2, 0.25) is 29.5 Å². The minimum Gasteiger partial charge on any atom is -0.508 e. The van der Waals surface area contributed by atoms with Gasteiger partial charge in [-0.15, -0.1) is 0 Å². The molecule has 0 radical (unpaired) electrons. The van der Waals surface area contributed by atoms with Gasteiger partial charge in [-0.05, 0) is 52.7 Å². The van der Waals surface area contributed by atoms with Crippen LogP contribution in [0.4, 0.5) is 0 Å². The summed E-state index contributed by atoms with van der Waals surface area (Å²) in [5.74, 6) is -2.67. The number of carbonyl (C=O) groups is 6. The van der Waals surface area contributed by atoms with Crippen LogP contribution in [0, 0.1) is 6.92 Å². The molecule has 0 bridgehead atoms. The van der Waals surface area contributed by atoms with E-state index in [-0.39, 0.29) is 56.8 Å². The Balaban J connectivity index is -0.00000121. The third kappa shape index (κ3) is 32.4. The number of carbonyl (C=O) groups excluding carboxylic acids is 5. The Labute approximate surface area is 299 Å². The van der Waals surface area contributed by atoms with Gasteiger partial charge in [-0.2, -0.15) is 0 Å². The molecule has 0 aliphatic carbocycles. The van der Waals surface area contributed by atoms with Gasteiger partial charge >= 0.3 is 5.97 Å². The number of aromatic hydroxyl groups is 1. The van der Waals surface area contributed by atoms with Gasteiger partial charge in [0.1, 0.15) is 11.8 Å². The molecule has 50 heavy (non-hydrogen) atoms. The van der Waals surface area contributed by atoms with Crippen molar-refractivity contribution in [2.45, 2.75) is 132 Å². The summed E-state index contributed by atoms with van der Waals surface area (Å²) in [6.07, 6.45) is 4.94. The number of amides is 5. The number of unbranched alkanes of at least 4 members (excludes halogenated alkanes) is 1. The van der Waals surface area contributed by atoms with Gasteiger partial charge in [0.05, 0.1) is 19.1 Å². The number of carboxylic acids is 1. The van der Waals surface area contributed by atoms with Crippen LogP contribution >= 0.6 is 0 Å². The number of likely N-dealkylation sites (N-methyl/N-ethyl adjacent to an activating group) is 1. The molecule has 1 rings (SSSR count). The van der Waals surface area contributed by atoms with Crippen LogP contribution in [-0.2, 0) is 28.8 Å². The summed E-state index contributed by atoms with van der Waals surface area (Å²) >= 11 is 0. The first kappa shape index (κ1) is 50.2. The summed E-state index contributed by atoms with van der Waals surface area (Å²) < 4.78 is 0. The minimum absolute atomic E-state index is 0.00858. The van der Waals surface area contributed by atoms with Gasteiger partial charge in [-0.25, -0.2) is 0 Å². The SMILES string of the molecule is CCC.CCCC.CCCC(NC(=O)CNC(=O)CCCC(=O)O)C(=O)NC(C)CNC(C)C(=O)NCC(=O)NCC.Cc1ccc(O)cc1. The number of phenolic OH excluding ortho intramolecular Hbond substituents is 1. The van der Waals surface area contributed by atoms with Gasteiger partial charge in [0.25, 0.3) is 0 Å². The number of rotatable bonds is 19. The van der Waals surface area contributed by atoms with Crippen molar-refractivity contribution in [3.63, 3.8) is 0 Å². The van der Waals surface area contributed by atoms with E-state index in [9.17, 15) is 28.8 Å². The molecule has 3 atom stereocenters. The number of hydrogen-bond acceptors (Lipinski definition) is 8. The maximum absolute atomic E-state index is 12.6. The molecule has 14 nitrogen and oxygen atoms in total. The Hall–Kier alpha value is -4.20. The highest BCUT2D eigenvalue weighted by molar-refractivity contribution is 5.90. The van der Waals surface area contributed by atoms with Crippen LogP contribution in [0.2, 0.25) is 0 Å². The topological polar surface area (TPSA) is 215 Å². The predicted molar refractivity (Wildman–Crippen MR) is 197 cm³/mol. The van der Waals surface area contributed by atoms with Gasteiger partial charge in [0, 0.05) is 32.0 Å². The molecule has 0 aromatic heterocycles. The van der Waals surface area contributed by atoms with Crippen LogP contribution in [0.5, 0.6) is 5.75 Å². The first-order valence-corrected chi connectivity index (χ1v) is 17.7. The number of carboxylic acid groups (broad SMARTS) is 1. The molecule has 5 amide bonds. The Morgan fingerprint density at radius 1 is 0.700 bits per heavy atom. The highest BCUT2D eigenvalue weighted by atomic mass is 16.4. The first-order chi connectivity index (χ1) is 23.6. The fourth-order valence-electron chi connectivity index (χ4n) is 3.44. The summed E-state index contributed by atoms with van der Waals surface area (Å²) in [6, 6.07) is 5.35. The fourth-order valence-corrected chi connectivity index (χ4v) is 3.44.